The van der Waals surface area contributed by atoms with Gasteiger partial charge >= 0.3 is 0 Å². The molecule has 0 saturated heterocycles. The van der Waals surface area contributed by atoms with Crippen molar-refractivity contribution in [3.8, 4) is 5.75 Å². The van der Waals surface area contributed by atoms with Crippen LogP contribution in [0, 0.1) is 29.5 Å². The van der Waals surface area contributed by atoms with E-state index in [1.807, 2.05) is 0 Å². The van der Waals surface area contributed by atoms with Crippen LogP contribution >= 0.6 is 0 Å². The number of primary amides is 1. The van der Waals surface area contributed by atoms with Crippen molar-refractivity contribution >= 4 is 28.9 Å². The van der Waals surface area contributed by atoms with Crippen molar-refractivity contribution in [2.75, 3.05) is 19.0 Å². The Morgan fingerprint density at radius 2 is 1.85 bits per heavy atom. The molecule has 0 spiro atoms. The number of fused-ring (bicyclic) bond motifs is 3. The number of amides is 1. The average Bonchev–Trinajstić information content (AvgIpc) is 2.72. The van der Waals surface area contributed by atoms with E-state index in [1.54, 1.807) is 32.8 Å². The topological polar surface area (TPSA) is 161 Å². The van der Waals surface area contributed by atoms with Crippen LogP contribution in [-0.2, 0) is 20.8 Å². The number of aliphatic hydroxyl groups is 3. The molecule has 1 saturated carbocycles. The van der Waals surface area contributed by atoms with E-state index < -0.39 is 75.4 Å². The number of carbonyl (C=O) groups excluding carboxylic acids is 3. The molecule has 1 aromatic carbocycles. The first-order chi connectivity index (χ1) is 15.7. The molecule has 0 radical (unpaired) electrons. The summed E-state index contributed by atoms with van der Waals surface area (Å²) in [7, 11) is 3.33. The van der Waals surface area contributed by atoms with Crippen LogP contribution in [0.4, 0.5) is 10.1 Å². The van der Waals surface area contributed by atoms with Crippen LogP contribution in [0.5, 0.6) is 5.75 Å². The first-order valence-corrected chi connectivity index (χ1v) is 10.9. The van der Waals surface area contributed by atoms with Gasteiger partial charge in [-0.05, 0) is 30.2 Å². The van der Waals surface area contributed by atoms with E-state index in [-0.39, 0.29) is 24.0 Å². The lowest BCUT2D eigenvalue weighted by Gasteiger charge is -2.50. The molecule has 1 fully saturated rings. The molecule has 4 rings (SSSR count). The van der Waals surface area contributed by atoms with E-state index in [1.165, 1.54) is 0 Å². The third-order valence-electron chi connectivity index (χ3n) is 7.38. The monoisotopic (exact) mass is 474 g/mol. The summed E-state index contributed by atoms with van der Waals surface area (Å²) in [6.45, 7) is 3.39. The number of nitrogens with two attached hydrogens (primary N) is 1. The fraction of sp³-hybridized carbons (Fsp3) is 0.458. The molecule has 6 N–H and O–H groups in total. The van der Waals surface area contributed by atoms with Crippen LogP contribution in [0.3, 0.4) is 0 Å². The molecule has 10 heteroatoms. The highest BCUT2D eigenvalue weighted by molar-refractivity contribution is 6.23. The molecule has 0 heterocycles. The first kappa shape index (κ1) is 23.7. The molecule has 3 aliphatic rings. The van der Waals surface area contributed by atoms with Gasteiger partial charge in [-0.3, -0.25) is 14.4 Å². The summed E-state index contributed by atoms with van der Waals surface area (Å²) in [5.74, 6) is -10.0. The van der Waals surface area contributed by atoms with E-state index in [2.05, 4.69) is 0 Å². The quantitative estimate of drug-likeness (QED) is 0.412. The zero-order valence-electron chi connectivity index (χ0n) is 19.2. The number of phenols is 1. The van der Waals surface area contributed by atoms with Crippen molar-refractivity contribution in [3.63, 3.8) is 0 Å². The SMILES string of the molecule is CC(C)[C@@H]1C(=O)C(C(N)=O)=C(O)[C@@]2(O)C(=O)C3=C(O)c4c(O)c(F)cc(N(C)C)c4C[C@H]3C[C@@H]12. The Morgan fingerprint density at radius 3 is 2.38 bits per heavy atom. The van der Waals surface area contributed by atoms with Gasteiger partial charge in [-0.1, -0.05) is 13.8 Å². The summed E-state index contributed by atoms with van der Waals surface area (Å²) in [6.07, 6.45) is 0.122. The minimum absolute atomic E-state index is 0.0107. The van der Waals surface area contributed by atoms with Crippen LogP contribution in [0.1, 0.15) is 31.4 Å². The lowest BCUT2D eigenvalue weighted by Crippen LogP contribution is -2.62. The number of benzene rings is 1. The molecule has 1 aromatic rings. The summed E-state index contributed by atoms with van der Waals surface area (Å²) in [4.78, 5) is 40.4. The molecule has 0 unspecified atom stereocenters. The van der Waals surface area contributed by atoms with Crippen molar-refractivity contribution in [2.45, 2.75) is 32.3 Å². The highest BCUT2D eigenvalue weighted by atomic mass is 19.1. The van der Waals surface area contributed by atoms with E-state index >= 15 is 0 Å². The largest absolute Gasteiger partial charge is 0.508 e. The fourth-order valence-electron chi connectivity index (χ4n) is 5.90. The summed E-state index contributed by atoms with van der Waals surface area (Å²) in [6, 6.07) is 1.13. The highest BCUT2D eigenvalue weighted by Crippen LogP contribution is 2.55. The number of ketones is 2. The minimum Gasteiger partial charge on any atom is -0.508 e. The fourth-order valence-corrected chi connectivity index (χ4v) is 5.90. The summed E-state index contributed by atoms with van der Waals surface area (Å²) < 4.78 is 14.5. The number of anilines is 1. The van der Waals surface area contributed by atoms with Gasteiger partial charge in [0.2, 0.25) is 5.78 Å². The Balaban J connectivity index is 2.01. The maximum Gasteiger partial charge on any atom is 0.255 e. The highest BCUT2D eigenvalue weighted by Gasteiger charge is 2.64. The number of halogens is 1. The molecular weight excluding hydrogens is 447 g/mol. The van der Waals surface area contributed by atoms with Gasteiger partial charge in [0, 0.05) is 43.3 Å². The van der Waals surface area contributed by atoms with Gasteiger partial charge in [0.15, 0.2) is 23.0 Å². The zero-order chi connectivity index (χ0) is 25.4. The number of carbonyl (C=O) groups is 3. The van der Waals surface area contributed by atoms with Gasteiger partial charge in [0.05, 0.1) is 5.56 Å². The Hall–Kier alpha value is -3.40. The Bertz CT molecular complexity index is 1220. The molecule has 9 nitrogen and oxygen atoms in total. The van der Waals surface area contributed by atoms with Crippen molar-refractivity contribution in [1.82, 2.24) is 0 Å². The second kappa shape index (κ2) is 7.56. The summed E-state index contributed by atoms with van der Waals surface area (Å²) in [5.41, 5.74) is 2.01. The van der Waals surface area contributed by atoms with Crippen molar-refractivity contribution < 1.29 is 39.2 Å². The maximum atomic E-state index is 14.5. The van der Waals surface area contributed by atoms with Crippen LogP contribution in [0.25, 0.3) is 5.76 Å². The van der Waals surface area contributed by atoms with Crippen molar-refractivity contribution in [1.29, 1.82) is 0 Å². The predicted octanol–water partition coefficient (Wildman–Crippen LogP) is 1.51. The number of rotatable bonds is 3. The van der Waals surface area contributed by atoms with E-state index in [4.69, 9.17) is 5.73 Å². The lowest BCUT2D eigenvalue weighted by atomic mass is 9.54. The number of nitrogens with zero attached hydrogens (tertiary/aromatic N) is 1. The van der Waals surface area contributed by atoms with Crippen LogP contribution in [0.15, 0.2) is 23.0 Å². The number of phenolic OH excluding ortho intramolecular Hbond substituents is 1. The Kier molecular flexibility index (Phi) is 5.28. The molecular formula is C24H27FN2O7. The van der Waals surface area contributed by atoms with Gasteiger partial charge in [-0.2, -0.15) is 0 Å². The van der Waals surface area contributed by atoms with E-state index in [0.29, 0.717) is 11.3 Å². The molecule has 0 aliphatic heterocycles. The molecule has 34 heavy (non-hydrogen) atoms. The molecule has 0 bridgehead atoms. The van der Waals surface area contributed by atoms with Crippen molar-refractivity contribution in [3.05, 3.63) is 39.9 Å². The van der Waals surface area contributed by atoms with Crippen LogP contribution in [0.2, 0.25) is 0 Å². The van der Waals surface area contributed by atoms with E-state index in [0.717, 1.165) is 6.07 Å². The number of aliphatic hydroxyl groups excluding tert-OH is 2. The molecule has 4 atom stereocenters. The molecule has 0 aromatic heterocycles. The molecule has 182 valence electrons. The smallest absolute Gasteiger partial charge is 0.255 e. The molecule has 3 aliphatic carbocycles. The van der Waals surface area contributed by atoms with Crippen LogP contribution in [-0.4, -0.2) is 57.6 Å². The Labute approximate surface area is 195 Å². The van der Waals surface area contributed by atoms with Gasteiger partial charge < -0.3 is 31.1 Å². The second-order valence-corrected chi connectivity index (χ2v) is 9.80. The third-order valence-corrected chi connectivity index (χ3v) is 7.38. The van der Waals surface area contributed by atoms with Crippen molar-refractivity contribution in [2.24, 2.45) is 29.4 Å². The van der Waals surface area contributed by atoms with Gasteiger partial charge in [0.1, 0.15) is 17.1 Å². The number of hydrogen-bond acceptors (Lipinski definition) is 8. The maximum absolute atomic E-state index is 14.5. The average molecular weight is 474 g/mol. The van der Waals surface area contributed by atoms with Gasteiger partial charge in [-0.15, -0.1) is 0 Å². The number of hydrogen-bond donors (Lipinski definition) is 5. The Morgan fingerprint density at radius 1 is 1.24 bits per heavy atom. The normalized spacial score (nSPS) is 28.6. The van der Waals surface area contributed by atoms with Crippen LogP contribution < -0.4 is 10.6 Å². The summed E-state index contributed by atoms with van der Waals surface area (Å²) >= 11 is 0. The predicted molar refractivity (Wildman–Crippen MR) is 119 cm³/mol. The number of Topliss-reactive ketones (excluding diaryl/α,β-unsaturated/α-hetero) is 2. The van der Waals surface area contributed by atoms with Gasteiger partial charge in [-0.25, -0.2) is 4.39 Å². The summed E-state index contributed by atoms with van der Waals surface area (Å²) in [5, 5.41) is 43.8. The minimum atomic E-state index is -2.68. The second-order valence-electron chi connectivity index (χ2n) is 9.80. The number of aromatic hydroxyl groups is 1. The first-order valence-electron chi connectivity index (χ1n) is 10.9. The lowest BCUT2D eigenvalue weighted by molar-refractivity contribution is -0.155. The van der Waals surface area contributed by atoms with Gasteiger partial charge in [0.25, 0.3) is 5.91 Å². The van der Waals surface area contributed by atoms with E-state index in [9.17, 15) is 39.2 Å². The standard InChI is InChI=1S/C24H27FN2O7/c1-8(2)14-11-6-9-5-10-13(27(3)4)7-12(25)18(28)16(10)20(30)15(9)21(31)24(11,34)22(32)17(19(14)29)23(26)33/h7-9,11,14,28,30,32,34H,5-6H2,1-4H3,(H2,26,33)/t9-,11-,14-,24-/m0/s1. The third kappa shape index (κ3) is 2.91. The zero-order valence-corrected chi connectivity index (χ0v) is 19.2. The molecule has 1 amide bonds.